The molecule has 0 unspecified atom stereocenters. The van der Waals surface area contributed by atoms with E-state index in [1.165, 1.54) is 0 Å². The maximum atomic E-state index is 12.6. The third-order valence-electron chi connectivity index (χ3n) is 1.97. The summed E-state index contributed by atoms with van der Waals surface area (Å²) < 4.78 is 67.4. The van der Waals surface area contributed by atoms with Crippen LogP contribution < -0.4 is 0 Å². The number of carboxylic acid groups (broad SMARTS) is 1. The molecule has 0 spiro atoms. The smallest absolute Gasteiger partial charge is 0.335 e. The van der Waals surface area contributed by atoms with Gasteiger partial charge in [0.2, 0.25) is 0 Å². The minimum atomic E-state index is -9.90. The molecule has 104 valence electrons. The van der Waals surface area contributed by atoms with Gasteiger partial charge in [0.05, 0.1) is 12.2 Å². The van der Waals surface area contributed by atoms with Crippen molar-refractivity contribution in [1.82, 2.24) is 0 Å². The van der Waals surface area contributed by atoms with Gasteiger partial charge in [-0.15, -0.1) is 0 Å². The highest BCUT2D eigenvalue weighted by atomic mass is 32.5. The highest BCUT2D eigenvalue weighted by Gasteiger charge is 2.65. The number of benzene rings is 1. The molecular formula is C9H9F5O3S. The van der Waals surface area contributed by atoms with E-state index in [4.69, 9.17) is 5.11 Å². The average molecular weight is 292 g/mol. The van der Waals surface area contributed by atoms with E-state index < -0.39 is 33.3 Å². The van der Waals surface area contributed by atoms with Crippen LogP contribution in [0.15, 0.2) is 23.1 Å². The molecule has 0 heterocycles. The summed E-state index contributed by atoms with van der Waals surface area (Å²) in [6.07, 6.45) is 0. The van der Waals surface area contributed by atoms with Crippen LogP contribution in [0.4, 0.5) is 19.4 Å². The second-order valence-corrected chi connectivity index (χ2v) is 5.98. The van der Waals surface area contributed by atoms with E-state index in [2.05, 4.69) is 4.74 Å². The Balaban J connectivity index is 3.52. The molecule has 0 aromatic heterocycles. The van der Waals surface area contributed by atoms with Crippen molar-refractivity contribution in [3.05, 3.63) is 29.3 Å². The van der Waals surface area contributed by atoms with Gasteiger partial charge in [-0.1, -0.05) is 19.4 Å². The lowest BCUT2D eigenvalue weighted by molar-refractivity contribution is 0.0696. The van der Waals surface area contributed by atoms with E-state index >= 15 is 0 Å². The fourth-order valence-electron chi connectivity index (χ4n) is 1.26. The first-order valence-electron chi connectivity index (χ1n) is 4.44. The number of hydrogen-bond acceptors (Lipinski definition) is 2. The van der Waals surface area contributed by atoms with Crippen LogP contribution in [0.25, 0.3) is 0 Å². The first kappa shape index (κ1) is 14.7. The molecule has 0 bridgehead atoms. The highest BCUT2D eigenvalue weighted by molar-refractivity contribution is 8.45. The molecule has 1 N–H and O–H groups in total. The largest absolute Gasteiger partial charge is 0.478 e. The van der Waals surface area contributed by atoms with Gasteiger partial charge in [-0.3, -0.25) is 0 Å². The van der Waals surface area contributed by atoms with Gasteiger partial charge in [-0.25, -0.2) is 4.79 Å². The Morgan fingerprint density at radius 2 is 1.78 bits per heavy atom. The second-order valence-electron chi connectivity index (χ2n) is 3.57. The van der Waals surface area contributed by atoms with Crippen molar-refractivity contribution < 1.29 is 34.1 Å². The second kappa shape index (κ2) is 3.58. The molecule has 3 nitrogen and oxygen atoms in total. The van der Waals surface area contributed by atoms with E-state index in [0.29, 0.717) is 0 Å². The highest BCUT2D eigenvalue weighted by Crippen LogP contribution is 3.02. The molecule has 0 radical (unpaired) electrons. The molecule has 9 heteroatoms. The van der Waals surface area contributed by atoms with Crippen LogP contribution in [0.3, 0.4) is 0 Å². The van der Waals surface area contributed by atoms with Crippen molar-refractivity contribution in [3.8, 4) is 0 Å². The van der Waals surface area contributed by atoms with Crippen molar-refractivity contribution in [2.45, 2.75) is 11.5 Å². The Labute approximate surface area is 98.9 Å². The minimum Gasteiger partial charge on any atom is -0.478 e. The van der Waals surface area contributed by atoms with E-state index in [9.17, 15) is 24.2 Å². The average Bonchev–Trinajstić information content (AvgIpc) is 2.14. The standard InChI is InChI=1S/C9H9F5O3S/c1-17-5-6-2-7(9(15)16)4-8(3-6)18(10,11,12,13)14/h2-4H,5H2,1H3,(H,15,16). The zero-order chi connectivity index (χ0) is 14.3. The van der Waals surface area contributed by atoms with Gasteiger partial charge in [0.15, 0.2) is 0 Å². The predicted octanol–water partition coefficient (Wildman–Crippen LogP) is 4.19. The fourth-order valence-corrected chi connectivity index (χ4v) is 1.98. The van der Waals surface area contributed by atoms with Gasteiger partial charge in [-0.2, -0.15) is 0 Å². The maximum absolute atomic E-state index is 12.6. The number of carbonyl (C=O) groups is 1. The minimum absolute atomic E-state index is 0.0803. The summed E-state index contributed by atoms with van der Waals surface area (Å²) in [6, 6.07) is 0.958. The molecule has 0 saturated carbocycles. The molecule has 0 aliphatic rings. The lowest BCUT2D eigenvalue weighted by Gasteiger charge is -2.40. The van der Waals surface area contributed by atoms with E-state index in [1.807, 2.05) is 0 Å². The molecule has 0 atom stereocenters. The van der Waals surface area contributed by atoms with Crippen molar-refractivity contribution in [1.29, 1.82) is 0 Å². The third kappa shape index (κ3) is 3.57. The van der Waals surface area contributed by atoms with Crippen molar-refractivity contribution in [2.75, 3.05) is 7.11 Å². The summed E-state index contributed by atoms with van der Waals surface area (Å²) in [5, 5.41) is 8.60. The number of carboxylic acids is 1. The van der Waals surface area contributed by atoms with Gasteiger partial charge in [0, 0.05) is 7.11 Å². The van der Waals surface area contributed by atoms with Gasteiger partial charge >= 0.3 is 16.2 Å². The summed E-state index contributed by atoms with van der Waals surface area (Å²) in [5.74, 6) is -1.73. The van der Waals surface area contributed by atoms with Crippen LogP contribution in [-0.2, 0) is 11.3 Å². The molecule has 0 fully saturated rings. The predicted molar refractivity (Wildman–Crippen MR) is 55.5 cm³/mol. The molecule has 1 aromatic carbocycles. The first-order chi connectivity index (χ1) is 7.83. The van der Waals surface area contributed by atoms with Crippen molar-refractivity contribution in [3.63, 3.8) is 0 Å². The maximum Gasteiger partial charge on any atom is 0.335 e. The summed E-state index contributed by atoms with van der Waals surface area (Å²) >= 11 is 0. The summed E-state index contributed by atoms with van der Waals surface area (Å²) in [6.45, 7) is -0.401. The Morgan fingerprint density at radius 1 is 1.22 bits per heavy atom. The molecule has 1 rings (SSSR count). The van der Waals surface area contributed by atoms with Gasteiger partial charge in [0.25, 0.3) is 0 Å². The number of rotatable bonds is 4. The molecule has 0 aliphatic carbocycles. The number of hydrogen-bond donors (Lipinski definition) is 1. The van der Waals surface area contributed by atoms with Crippen LogP contribution in [0.1, 0.15) is 15.9 Å². The van der Waals surface area contributed by atoms with Crippen LogP contribution in [0.5, 0.6) is 0 Å². The Hall–Kier alpha value is -1.35. The number of ether oxygens (including phenoxy) is 1. The number of halogens is 5. The van der Waals surface area contributed by atoms with Crippen molar-refractivity contribution >= 4 is 16.2 Å². The normalized spacial score (nSPS) is 15.9. The summed E-state index contributed by atoms with van der Waals surface area (Å²) in [7, 11) is -8.75. The number of methoxy groups -OCH3 is 1. The number of aromatic carboxylic acids is 1. The van der Waals surface area contributed by atoms with Crippen LogP contribution in [-0.4, -0.2) is 18.2 Å². The lowest BCUT2D eigenvalue weighted by atomic mass is 10.1. The quantitative estimate of drug-likeness (QED) is 0.846. The molecular weight excluding hydrogens is 283 g/mol. The van der Waals surface area contributed by atoms with Crippen LogP contribution >= 0.6 is 10.2 Å². The summed E-state index contributed by atoms with van der Waals surface area (Å²) in [4.78, 5) is 8.37. The lowest BCUT2D eigenvalue weighted by Crippen LogP contribution is -2.09. The zero-order valence-corrected chi connectivity index (χ0v) is 9.82. The molecule has 0 amide bonds. The van der Waals surface area contributed by atoms with Gasteiger partial charge in [0.1, 0.15) is 4.90 Å². The molecule has 1 aromatic rings. The summed E-state index contributed by atoms with van der Waals surface area (Å²) in [5.41, 5.74) is -1.16. The van der Waals surface area contributed by atoms with E-state index in [1.54, 1.807) is 0 Å². The van der Waals surface area contributed by atoms with Crippen LogP contribution in [0, 0.1) is 0 Å². The molecule has 0 saturated heterocycles. The van der Waals surface area contributed by atoms with E-state index in [-0.39, 0.29) is 17.7 Å². The molecule has 0 aliphatic heterocycles. The van der Waals surface area contributed by atoms with Crippen molar-refractivity contribution in [2.24, 2.45) is 0 Å². The first-order valence-corrected chi connectivity index (χ1v) is 6.39. The third-order valence-corrected chi connectivity index (χ3v) is 3.10. The van der Waals surface area contributed by atoms with Gasteiger partial charge < -0.3 is 9.84 Å². The van der Waals surface area contributed by atoms with Gasteiger partial charge in [-0.05, 0) is 23.8 Å². The molecule has 18 heavy (non-hydrogen) atoms. The Bertz CT molecular complexity index is 496. The Kier molecular flexibility index (Phi) is 2.92. The van der Waals surface area contributed by atoms with Crippen LogP contribution in [0.2, 0.25) is 0 Å². The van der Waals surface area contributed by atoms with E-state index in [0.717, 1.165) is 13.2 Å². The topological polar surface area (TPSA) is 46.5 Å². The SMILES string of the molecule is COCc1cc(C(=O)O)cc(S(F)(F)(F)(F)F)c1. The Morgan fingerprint density at radius 3 is 2.17 bits per heavy atom. The monoisotopic (exact) mass is 292 g/mol. The fraction of sp³-hybridized carbons (Fsp3) is 0.222. The zero-order valence-electron chi connectivity index (χ0n) is 9.00.